The standard InChI is InChI=1S/C15H22N2O3S/c1-21(19,20)13-7-4-6-12(10-13)17-15(18)9-11-5-2-3-8-14(11)16/h4,6-7,10-11,14H,2-3,5,8-9,16H2,1H3,(H,17,18). The van der Waals surface area contributed by atoms with Gasteiger partial charge in [0, 0.05) is 24.4 Å². The van der Waals surface area contributed by atoms with Gasteiger partial charge in [-0.1, -0.05) is 18.9 Å². The largest absolute Gasteiger partial charge is 0.327 e. The summed E-state index contributed by atoms with van der Waals surface area (Å²) in [5, 5.41) is 2.76. The summed E-state index contributed by atoms with van der Waals surface area (Å²) in [5.41, 5.74) is 6.55. The molecule has 1 fully saturated rings. The van der Waals surface area contributed by atoms with E-state index in [1.807, 2.05) is 0 Å². The first-order valence-electron chi connectivity index (χ1n) is 7.22. The Morgan fingerprint density at radius 3 is 2.71 bits per heavy atom. The predicted octanol–water partition coefficient (Wildman–Crippen LogP) is 1.94. The van der Waals surface area contributed by atoms with Crippen molar-refractivity contribution in [1.82, 2.24) is 0 Å². The van der Waals surface area contributed by atoms with Gasteiger partial charge in [-0.3, -0.25) is 4.79 Å². The summed E-state index contributed by atoms with van der Waals surface area (Å²) in [7, 11) is -3.27. The van der Waals surface area contributed by atoms with Gasteiger partial charge in [0.2, 0.25) is 5.91 Å². The molecule has 1 aromatic carbocycles. The molecule has 1 saturated carbocycles. The number of benzene rings is 1. The minimum absolute atomic E-state index is 0.0897. The van der Waals surface area contributed by atoms with Crippen LogP contribution >= 0.6 is 0 Å². The monoisotopic (exact) mass is 310 g/mol. The van der Waals surface area contributed by atoms with E-state index in [0.717, 1.165) is 31.9 Å². The zero-order chi connectivity index (χ0) is 15.5. The molecule has 1 aromatic rings. The Labute approximate surface area is 125 Å². The summed E-state index contributed by atoms with van der Waals surface area (Å²) in [5.74, 6) is 0.111. The lowest BCUT2D eigenvalue weighted by Crippen LogP contribution is -2.35. The van der Waals surface area contributed by atoms with Crippen LogP contribution in [-0.2, 0) is 14.6 Å². The van der Waals surface area contributed by atoms with E-state index in [9.17, 15) is 13.2 Å². The molecule has 2 rings (SSSR count). The Kier molecular flexibility index (Phi) is 5.00. The second-order valence-corrected chi connectivity index (χ2v) is 7.78. The third kappa shape index (κ3) is 4.54. The number of nitrogens with two attached hydrogens (primary N) is 1. The van der Waals surface area contributed by atoms with Crippen LogP contribution in [0.25, 0.3) is 0 Å². The number of hydrogen-bond donors (Lipinski definition) is 2. The van der Waals surface area contributed by atoms with Gasteiger partial charge in [-0.15, -0.1) is 0 Å². The number of hydrogen-bond acceptors (Lipinski definition) is 4. The minimum Gasteiger partial charge on any atom is -0.327 e. The molecule has 1 aliphatic carbocycles. The van der Waals surface area contributed by atoms with Crippen LogP contribution in [0.2, 0.25) is 0 Å². The number of carbonyl (C=O) groups excluding carboxylic acids is 1. The third-order valence-corrected chi connectivity index (χ3v) is 5.07. The van der Waals surface area contributed by atoms with Crippen LogP contribution in [0.4, 0.5) is 5.69 Å². The molecule has 0 spiro atoms. The second kappa shape index (κ2) is 6.58. The molecule has 0 bridgehead atoms. The highest BCUT2D eigenvalue weighted by Crippen LogP contribution is 2.26. The summed E-state index contributed by atoms with van der Waals surface area (Å²) < 4.78 is 23.0. The number of anilines is 1. The normalized spacial score (nSPS) is 22.8. The van der Waals surface area contributed by atoms with Crippen molar-refractivity contribution in [2.45, 2.75) is 43.0 Å². The Bertz CT molecular complexity index is 613. The van der Waals surface area contributed by atoms with Crippen LogP contribution in [0, 0.1) is 5.92 Å². The maximum absolute atomic E-state index is 12.1. The first-order valence-corrected chi connectivity index (χ1v) is 9.11. The molecule has 5 nitrogen and oxygen atoms in total. The van der Waals surface area contributed by atoms with E-state index in [-0.39, 0.29) is 22.8 Å². The molecule has 1 amide bonds. The highest BCUT2D eigenvalue weighted by molar-refractivity contribution is 7.90. The summed E-state index contributed by atoms with van der Waals surface area (Å²) in [4.78, 5) is 12.3. The lowest BCUT2D eigenvalue weighted by Gasteiger charge is -2.27. The Morgan fingerprint density at radius 2 is 2.05 bits per heavy atom. The molecule has 0 aliphatic heterocycles. The van der Waals surface area contributed by atoms with Crippen LogP contribution in [0.1, 0.15) is 32.1 Å². The van der Waals surface area contributed by atoms with Crippen molar-refractivity contribution in [3.05, 3.63) is 24.3 Å². The van der Waals surface area contributed by atoms with Crippen molar-refractivity contribution in [2.24, 2.45) is 11.7 Å². The number of carbonyl (C=O) groups is 1. The molecule has 6 heteroatoms. The summed E-state index contributed by atoms with van der Waals surface area (Å²) in [6, 6.07) is 6.40. The predicted molar refractivity (Wildman–Crippen MR) is 82.7 cm³/mol. The molecule has 21 heavy (non-hydrogen) atoms. The number of rotatable bonds is 4. The maximum atomic E-state index is 12.1. The minimum atomic E-state index is -3.27. The van der Waals surface area contributed by atoms with Gasteiger partial charge in [0.1, 0.15) is 0 Å². The summed E-state index contributed by atoms with van der Waals surface area (Å²) in [6.07, 6.45) is 5.75. The van der Waals surface area contributed by atoms with Gasteiger partial charge in [0.15, 0.2) is 9.84 Å². The fraction of sp³-hybridized carbons (Fsp3) is 0.533. The molecule has 1 aliphatic rings. The second-order valence-electron chi connectivity index (χ2n) is 5.76. The highest BCUT2D eigenvalue weighted by atomic mass is 32.2. The van der Waals surface area contributed by atoms with Crippen molar-refractivity contribution >= 4 is 21.4 Å². The molecule has 3 N–H and O–H groups in total. The number of nitrogens with one attached hydrogen (secondary N) is 1. The first-order chi connectivity index (χ1) is 9.86. The number of amides is 1. The van der Waals surface area contributed by atoms with E-state index in [1.54, 1.807) is 12.1 Å². The molecule has 0 aromatic heterocycles. The Hall–Kier alpha value is -1.40. The highest BCUT2D eigenvalue weighted by Gasteiger charge is 2.24. The van der Waals surface area contributed by atoms with Gasteiger partial charge < -0.3 is 11.1 Å². The SMILES string of the molecule is CS(=O)(=O)c1cccc(NC(=O)CC2CCCCC2N)c1. The van der Waals surface area contributed by atoms with Gasteiger partial charge in [0.05, 0.1) is 4.90 Å². The quantitative estimate of drug-likeness (QED) is 0.889. The van der Waals surface area contributed by atoms with Crippen LogP contribution in [-0.4, -0.2) is 26.6 Å². The maximum Gasteiger partial charge on any atom is 0.224 e. The van der Waals surface area contributed by atoms with E-state index in [2.05, 4.69) is 5.32 Å². The van der Waals surface area contributed by atoms with Gasteiger partial charge in [-0.2, -0.15) is 0 Å². The Morgan fingerprint density at radius 1 is 1.33 bits per heavy atom. The van der Waals surface area contributed by atoms with Crippen LogP contribution in [0.5, 0.6) is 0 Å². The molecule has 116 valence electrons. The fourth-order valence-electron chi connectivity index (χ4n) is 2.74. The van der Waals surface area contributed by atoms with Crippen LogP contribution < -0.4 is 11.1 Å². The lowest BCUT2D eigenvalue weighted by atomic mass is 9.83. The van der Waals surface area contributed by atoms with Gasteiger partial charge in [-0.25, -0.2) is 8.42 Å². The molecule has 0 heterocycles. The summed E-state index contributed by atoms with van der Waals surface area (Å²) in [6.45, 7) is 0. The smallest absolute Gasteiger partial charge is 0.224 e. The van der Waals surface area contributed by atoms with Crippen LogP contribution in [0.15, 0.2) is 29.2 Å². The summed E-state index contributed by atoms with van der Waals surface area (Å²) >= 11 is 0. The van der Waals surface area contributed by atoms with E-state index >= 15 is 0 Å². The number of sulfone groups is 1. The topological polar surface area (TPSA) is 89.3 Å². The lowest BCUT2D eigenvalue weighted by molar-refractivity contribution is -0.117. The molecule has 0 saturated heterocycles. The van der Waals surface area contributed by atoms with Crippen molar-refractivity contribution in [3.63, 3.8) is 0 Å². The molecule has 2 unspecified atom stereocenters. The van der Waals surface area contributed by atoms with Gasteiger partial charge in [-0.05, 0) is 37.0 Å². The van der Waals surface area contributed by atoms with E-state index in [1.165, 1.54) is 12.1 Å². The first kappa shape index (κ1) is 16.0. The zero-order valence-corrected chi connectivity index (χ0v) is 13.0. The van der Waals surface area contributed by atoms with E-state index in [4.69, 9.17) is 5.73 Å². The average Bonchev–Trinajstić information content (AvgIpc) is 2.41. The van der Waals surface area contributed by atoms with Crippen molar-refractivity contribution < 1.29 is 13.2 Å². The van der Waals surface area contributed by atoms with Gasteiger partial charge >= 0.3 is 0 Å². The third-order valence-electron chi connectivity index (χ3n) is 3.96. The van der Waals surface area contributed by atoms with Crippen molar-refractivity contribution in [3.8, 4) is 0 Å². The molecular formula is C15H22N2O3S. The average molecular weight is 310 g/mol. The van der Waals surface area contributed by atoms with Crippen LogP contribution in [0.3, 0.4) is 0 Å². The Balaban J connectivity index is 1.99. The van der Waals surface area contributed by atoms with Gasteiger partial charge in [0.25, 0.3) is 0 Å². The van der Waals surface area contributed by atoms with E-state index in [0.29, 0.717) is 12.1 Å². The van der Waals surface area contributed by atoms with Crippen molar-refractivity contribution in [2.75, 3.05) is 11.6 Å². The zero-order valence-electron chi connectivity index (χ0n) is 12.2. The molecule has 2 atom stereocenters. The van der Waals surface area contributed by atoms with E-state index < -0.39 is 9.84 Å². The molecular weight excluding hydrogens is 288 g/mol. The van der Waals surface area contributed by atoms with Crippen molar-refractivity contribution in [1.29, 1.82) is 0 Å². The molecule has 0 radical (unpaired) electrons. The fourth-order valence-corrected chi connectivity index (χ4v) is 3.41.